The van der Waals surface area contributed by atoms with E-state index in [9.17, 15) is 4.79 Å². The van der Waals surface area contributed by atoms with Gasteiger partial charge in [-0.05, 0) is 28.8 Å². The van der Waals surface area contributed by atoms with Crippen molar-refractivity contribution >= 4 is 22.2 Å². The third-order valence-corrected chi connectivity index (χ3v) is 3.20. The van der Waals surface area contributed by atoms with Crippen LogP contribution in [0.5, 0.6) is 0 Å². The smallest absolute Gasteiger partial charge is 0.213 e. The van der Waals surface area contributed by atoms with Crippen molar-refractivity contribution in [3.8, 4) is 0 Å². The molecule has 76 valence electrons. The van der Waals surface area contributed by atoms with Crippen LogP contribution in [0.1, 0.15) is 35.0 Å². The largest absolute Gasteiger partial charge is 0.381 e. The molecule has 14 heavy (non-hydrogen) atoms. The maximum absolute atomic E-state index is 10.5. The molecule has 1 aliphatic rings. The maximum Gasteiger partial charge on any atom is 0.213 e. The van der Waals surface area contributed by atoms with Crippen LogP contribution < -0.4 is 0 Å². The molecule has 0 atom stereocenters. The Morgan fingerprint density at radius 3 is 2.71 bits per heavy atom. The third-order valence-electron chi connectivity index (χ3n) is 2.40. The second-order valence-corrected chi connectivity index (χ2v) is 4.04. The van der Waals surface area contributed by atoms with Gasteiger partial charge in [-0.3, -0.25) is 4.79 Å². The van der Waals surface area contributed by atoms with E-state index in [4.69, 9.17) is 9.26 Å². The summed E-state index contributed by atoms with van der Waals surface area (Å²) >= 11 is 3.32. The molecule has 2 heterocycles. The predicted molar refractivity (Wildman–Crippen MR) is 52.4 cm³/mol. The molecule has 1 aromatic rings. The number of hydrogen-bond donors (Lipinski definition) is 0. The molecule has 5 heteroatoms. The summed E-state index contributed by atoms with van der Waals surface area (Å²) in [6.07, 6.45) is 2.53. The van der Waals surface area contributed by atoms with Gasteiger partial charge in [0.1, 0.15) is 5.69 Å². The molecule has 0 saturated carbocycles. The number of aldehydes is 1. The number of nitrogens with zero attached hydrogens (tertiary/aromatic N) is 1. The van der Waals surface area contributed by atoms with E-state index in [1.54, 1.807) is 0 Å². The van der Waals surface area contributed by atoms with Crippen LogP contribution >= 0.6 is 15.9 Å². The predicted octanol–water partition coefficient (Wildman–Crippen LogP) is 2.14. The van der Waals surface area contributed by atoms with Crippen molar-refractivity contribution < 1.29 is 14.1 Å². The summed E-state index contributed by atoms with van der Waals surface area (Å²) in [5.74, 6) is 0.613. The summed E-state index contributed by atoms with van der Waals surface area (Å²) in [5.41, 5.74) is 0.843. The van der Waals surface area contributed by atoms with E-state index in [0.717, 1.165) is 31.7 Å². The molecule has 4 nitrogen and oxygen atoms in total. The zero-order chi connectivity index (χ0) is 9.97. The summed E-state index contributed by atoms with van der Waals surface area (Å²) in [6.45, 7) is 1.50. The molecule has 1 fully saturated rings. The second-order valence-electron chi connectivity index (χ2n) is 3.25. The molecule has 0 radical (unpaired) electrons. The molecule has 0 aliphatic carbocycles. The molecule has 1 saturated heterocycles. The van der Waals surface area contributed by atoms with Gasteiger partial charge >= 0.3 is 0 Å². The van der Waals surface area contributed by atoms with Crippen molar-refractivity contribution in [2.24, 2.45) is 0 Å². The number of rotatable bonds is 2. The first-order valence-electron chi connectivity index (χ1n) is 4.51. The molecule has 1 aliphatic heterocycles. The summed E-state index contributed by atoms with van der Waals surface area (Å²) in [5, 5.41) is 3.90. The molecule has 0 aromatic carbocycles. The van der Waals surface area contributed by atoms with Crippen molar-refractivity contribution in [1.82, 2.24) is 5.16 Å². The third kappa shape index (κ3) is 1.74. The lowest BCUT2D eigenvalue weighted by Gasteiger charge is -2.19. The minimum absolute atomic E-state index is 0.270. The molecule has 0 N–H and O–H groups in total. The Kier molecular flexibility index (Phi) is 2.98. The van der Waals surface area contributed by atoms with Crippen LogP contribution in [0.4, 0.5) is 0 Å². The van der Waals surface area contributed by atoms with Crippen LogP contribution in [0, 0.1) is 0 Å². The van der Waals surface area contributed by atoms with E-state index in [1.807, 2.05) is 0 Å². The molecule has 0 amide bonds. The van der Waals surface area contributed by atoms with Crippen molar-refractivity contribution in [2.75, 3.05) is 13.2 Å². The Bertz CT molecular complexity index is 331. The van der Waals surface area contributed by atoms with Crippen LogP contribution in [0.25, 0.3) is 0 Å². The molecule has 1 aromatic heterocycles. The van der Waals surface area contributed by atoms with Crippen molar-refractivity contribution in [1.29, 1.82) is 0 Å². The monoisotopic (exact) mass is 259 g/mol. The van der Waals surface area contributed by atoms with Crippen molar-refractivity contribution in [3.63, 3.8) is 0 Å². The number of halogens is 1. The number of carbonyl (C=O) groups is 1. The number of hydrogen-bond acceptors (Lipinski definition) is 4. The first-order chi connectivity index (χ1) is 6.83. The molecular formula is C9H10BrNO3. The van der Waals surface area contributed by atoms with Gasteiger partial charge in [0.25, 0.3) is 0 Å². The summed E-state index contributed by atoms with van der Waals surface area (Å²) < 4.78 is 10.8. The Morgan fingerprint density at radius 2 is 2.14 bits per heavy atom. The Labute approximate surface area is 89.7 Å². The number of aromatic nitrogens is 1. The van der Waals surface area contributed by atoms with E-state index >= 15 is 0 Å². The lowest BCUT2D eigenvalue weighted by molar-refractivity contribution is 0.0836. The lowest BCUT2D eigenvalue weighted by Crippen LogP contribution is -2.14. The zero-order valence-corrected chi connectivity index (χ0v) is 9.12. The highest BCUT2D eigenvalue weighted by Crippen LogP contribution is 2.32. The molecule has 0 spiro atoms. The fourth-order valence-corrected chi connectivity index (χ4v) is 2.16. The fourth-order valence-electron chi connectivity index (χ4n) is 1.60. The minimum Gasteiger partial charge on any atom is -0.381 e. The van der Waals surface area contributed by atoms with Crippen LogP contribution in [-0.2, 0) is 4.74 Å². The van der Waals surface area contributed by atoms with Gasteiger partial charge in [-0.2, -0.15) is 0 Å². The molecule has 0 bridgehead atoms. The van der Waals surface area contributed by atoms with E-state index in [2.05, 4.69) is 21.1 Å². The van der Waals surface area contributed by atoms with Gasteiger partial charge in [-0.25, -0.2) is 0 Å². The Hall–Kier alpha value is -0.680. The molecule has 2 rings (SSSR count). The minimum atomic E-state index is 0.270. The normalized spacial score (nSPS) is 18.4. The van der Waals surface area contributed by atoms with E-state index in [1.165, 1.54) is 0 Å². The average molecular weight is 260 g/mol. The van der Waals surface area contributed by atoms with Crippen molar-refractivity contribution in [2.45, 2.75) is 18.8 Å². The highest BCUT2D eigenvalue weighted by molar-refractivity contribution is 9.10. The van der Waals surface area contributed by atoms with Gasteiger partial charge in [0.15, 0.2) is 6.29 Å². The van der Waals surface area contributed by atoms with Gasteiger partial charge in [0.05, 0.1) is 4.47 Å². The summed E-state index contributed by atoms with van der Waals surface area (Å²) in [4.78, 5) is 10.5. The Balaban J connectivity index is 2.22. The zero-order valence-electron chi connectivity index (χ0n) is 7.53. The lowest BCUT2D eigenvalue weighted by atomic mass is 9.96. The van der Waals surface area contributed by atoms with Gasteiger partial charge in [0.2, 0.25) is 5.76 Å². The van der Waals surface area contributed by atoms with Gasteiger partial charge in [-0.1, -0.05) is 5.16 Å². The summed E-state index contributed by atoms with van der Waals surface area (Å²) in [7, 11) is 0. The quantitative estimate of drug-likeness (QED) is 0.764. The highest BCUT2D eigenvalue weighted by Gasteiger charge is 2.23. The van der Waals surface area contributed by atoms with E-state index < -0.39 is 0 Å². The van der Waals surface area contributed by atoms with Crippen LogP contribution in [0.2, 0.25) is 0 Å². The maximum atomic E-state index is 10.5. The van der Waals surface area contributed by atoms with Crippen molar-refractivity contribution in [3.05, 3.63) is 15.9 Å². The highest BCUT2D eigenvalue weighted by atomic mass is 79.9. The van der Waals surface area contributed by atoms with Crippen LogP contribution in [0.3, 0.4) is 0 Å². The molecule has 0 unspecified atom stereocenters. The van der Waals surface area contributed by atoms with Crippen LogP contribution in [0.15, 0.2) is 9.00 Å². The molecular weight excluding hydrogens is 250 g/mol. The fraction of sp³-hybridized carbons (Fsp3) is 0.556. The van der Waals surface area contributed by atoms with Gasteiger partial charge in [-0.15, -0.1) is 0 Å². The number of ether oxygens (including phenoxy) is 1. The first-order valence-corrected chi connectivity index (χ1v) is 5.30. The average Bonchev–Trinajstić information content (AvgIpc) is 2.61. The topological polar surface area (TPSA) is 52.3 Å². The van der Waals surface area contributed by atoms with Gasteiger partial charge in [0, 0.05) is 19.1 Å². The second kappa shape index (κ2) is 4.23. The summed E-state index contributed by atoms with van der Waals surface area (Å²) in [6, 6.07) is 0. The van der Waals surface area contributed by atoms with E-state index in [-0.39, 0.29) is 5.76 Å². The van der Waals surface area contributed by atoms with Crippen LogP contribution in [-0.4, -0.2) is 24.7 Å². The van der Waals surface area contributed by atoms with Gasteiger partial charge < -0.3 is 9.26 Å². The SMILES string of the molecule is O=Cc1onc(C2CCOCC2)c1Br. The number of carbonyl (C=O) groups excluding carboxylic acids is 1. The van der Waals surface area contributed by atoms with E-state index in [0.29, 0.717) is 16.7 Å². The Morgan fingerprint density at radius 1 is 1.43 bits per heavy atom. The standard InChI is InChI=1S/C9H10BrNO3/c10-8-7(5-12)14-11-9(8)6-1-3-13-4-2-6/h5-6H,1-4H2. The first kappa shape index (κ1) is 9.86.